The molecular weight excluding hydrogens is 296 g/mol. The predicted octanol–water partition coefficient (Wildman–Crippen LogP) is 2.51. The van der Waals surface area contributed by atoms with E-state index in [1.165, 1.54) is 0 Å². The normalized spacial score (nSPS) is 19.1. The number of rotatable bonds is 5. The first-order valence-corrected chi connectivity index (χ1v) is 6.88. The fourth-order valence-corrected chi connectivity index (χ4v) is 2.33. The largest absolute Gasteiger partial charge is 0.447 e. The van der Waals surface area contributed by atoms with Gasteiger partial charge in [0.05, 0.1) is 6.04 Å². The van der Waals surface area contributed by atoms with Gasteiger partial charge in [0.2, 0.25) is 0 Å². The molecule has 98 valence electrons. The smallest absolute Gasteiger partial charge is 0.410 e. The maximum absolute atomic E-state index is 11.7. The van der Waals surface area contributed by atoms with Crippen LogP contribution in [0.25, 0.3) is 0 Å². The summed E-state index contributed by atoms with van der Waals surface area (Å²) in [6.07, 6.45) is 1.59. The molecule has 4 nitrogen and oxygen atoms in total. The Bertz CT molecular complexity index is 408. The number of hydrogen-bond acceptors (Lipinski definition) is 3. The van der Waals surface area contributed by atoms with Crippen LogP contribution in [-0.4, -0.2) is 30.2 Å². The van der Waals surface area contributed by atoms with Crippen LogP contribution in [0.2, 0.25) is 0 Å². The maximum atomic E-state index is 11.7. The summed E-state index contributed by atoms with van der Waals surface area (Å²) in [5.74, 6) is 0. The topological polar surface area (TPSA) is 55.6 Å². The van der Waals surface area contributed by atoms with Gasteiger partial charge in [0.1, 0.15) is 6.61 Å². The lowest BCUT2D eigenvalue weighted by Crippen LogP contribution is -2.33. The van der Waals surface area contributed by atoms with Crippen molar-refractivity contribution in [2.24, 2.45) is 5.73 Å². The maximum Gasteiger partial charge on any atom is 0.410 e. The van der Waals surface area contributed by atoms with Crippen LogP contribution in [0.5, 0.6) is 0 Å². The van der Waals surface area contributed by atoms with Crippen molar-refractivity contribution >= 4 is 22.0 Å². The van der Waals surface area contributed by atoms with E-state index < -0.39 is 0 Å². The van der Waals surface area contributed by atoms with Gasteiger partial charge in [-0.05, 0) is 37.1 Å². The number of halogens is 1. The highest BCUT2D eigenvalue weighted by Crippen LogP contribution is 2.20. The van der Waals surface area contributed by atoms with E-state index in [-0.39, 0.29) is 12.1 Å². The van der Waals surface area contributed by atoms with Crippen LogP contribution in [0.4, 0.5) is 4.79 Å². The van der Waals surface area contributed by atoms with E-state index in [1.807, 2.05) is 24.3 Å². The van der Waals surface area contributed by atoms with Gasteiger partial charge in [-0.25, -0.2) is 4.79 Å². The van der Waals surface area contributed by atoms with Crippen molar-refractivity contribution in [1.29, 1.82) is 0 Å². The first-order valence-electron chi connectivity index (χ1n) is 6.08. The minimum Gasteiger partial charge on any atom is -0.447 e. The van der Waals surface area contributed by atoms with E-state index >= 15 is 0 Å². The van der Waals surface area contributed by atoms with Crippen LogP contribution in [-0.2, 0) is 11.3 Å². The van der Waals surface area contributed by atoms with E-state index in [1.54, 1.807) is 4.90 Å². The number of amides is 1. The summed E-state index contributed by atoms with van der Waals surface area (Å²) < 4.78 is 6.14. The zero-order chi connectivity index (χ0) is 13.0. The van der Waals surface area contributed by atoms with Crippen molar-refractivity contribution in [3.8, 4) is 0 Å². The highest BCUT2D eigenvalue weighted by atomic mass is 79.9. The lowest BCUT2D eigenvalue weighted by molar-refractivity contribution is 0.156. The lowest BCUT2D eigenvalue weighted by atomic mass is 10.1. The lowest BCUT2D eigenvalue weighted by Gasteiger charge is -2.21. The van der Waals surface area contributed by atoms with Crippen molar-refractivity contribution in [2.75, 3.05) is 13.2 Å². The molecule has 1 atom stereocenters. The minimum absolute atomic E-state index is 0.157. The van der Waals surface area contributed by atoms with Crippen LogP contribution >= 0.6 is 15.9 Å². The molecule has 1 saturated heterocycles. The van der Waals surface area contributed by atoms with Gasteiger partial charge in [0.15, 0.2) is 0 Å². The van der Waals surface area contributed by atoms with Gasteiger partial charge in [-0.3, -0.25) is 4.90 Å². The Morgan fingerprint density at radius 1 is 1.39 bits per heavy atom. The highest BCUT2D eigenvalue weighted by Gasteiger charge is 2.32. The van der Waals surface area contributed by atoms with Gasteiger partial charge in [-0.15, -0.1) is 0 Å². The summed E-state index contributed by atoms with van der Waals surface area (Å²) in [6.45, 7) is 1.73. The number of hydrogen-bond donors (Lipinski definition) is 1. The molecule has 2 N–H and O–H groups in total. The molecule has 0 radical (unpaired) electrons. The summed E-state index contributed by atoms with van der Waals surface area (Å²) >= 11 is 3.40. The summed E-state index contributed by atoms with van der Waals surface area (Å²) in [4.78, 5) is 13.5. The first-order chi connectivity index (χ1) is 8.70. The number of carbonyl (C=O) groups excluding carboxylic acids is 1. The van der Waals surface area contributed by atoms with E-state index in [4.69, 9.17) is 10.5 Å². The molecule has 0 spiro atoms. The second-order valence-electron chi connectivity index (χ2n) is 4.42. The highest BCUT2D eigenvalue weighted by molar-refractivity contribution is 9.10. The Morgan fingerprint density at radius 2 is 2.11 bits per heavy atom. The molecular formula is C13H17BrN2O2. The molecule has 1 amide bonds. The predicted molar refractivity (Wildman–Crippen MR) is 73.1 cm³/mol. The van der Waals surface area contributed by atoms with Crippen LogP contribution in [0.1, 0.15) is 18.4 Å². The van der Waals surface area contributed by atoms with Crippen molar-refractivity contribution < 1.29 is 9.53 Å². The number of benzene rings is 1. The quantitative estimate of drug-likeness (QED) is 0.909. The number of nitrogens with zero attached hydrogens (tertiary/aromatic N) is 1. The molecule has 1 aliphatic rings. The van der Waals surface area contributed by atoms with Gasteiger partial charge < -0.3 is 10.5 Å². The second kappa shape index (κ2) is 6.20. The molecule has 5 heteroatoms. The SMILES string of the molecule is NCCCC1COC(=O)N1Cc1ccc(Br)cc1. The Morgan fingerprint density at radius 3 is 2.78 bits per heavy atom. The number of nitrogens with two attached hydrogens (primary N) is 1. The molecule has 2 rings (SSSR count). The molecule has 0 saturated carbocycles. The van der Waals surface area contributed by atoms with E-state index in [2.05, 4.69) is 15.9 Å². The van der Waals surface area contributed by atoms with Gasteiger partial charge in [0, 0.05) is 11.0 Å². The summed E-state index contributed by atoms with van der Waals surface area (Å²) in [5.41, 5.74) is 6.61. The molecule has 1 aliphatic heterocycles. The van der Waals surface area contributed by atoms with Crippen LogP contribution in [0.3, 0.4) is 0 Å². The zero-order valence-electron chi connectivity index (χ0n) is 10.1. The summed E-state index contributed by atoms with van der Waals surface area (Å²) in [6, 6.07) is 8.13. The van der Waals surface area contributed by atoms with Crippen LogP contribution in [0.15, 0.2) is 28.7 Å². The molecule has 0 aromatic heterocycles. The number of carbonyl (C=O) groups is 1. The third-order valence-electron chi connectivity index (χ3n) is 3.08. The van der Waals surface area contributed by atoms with E-state index in [0.717, 1.165) is 22.9 Å². The monoisotopic (exact) mass is 312 g/mol. The van der Waals surface area contributed by atoms with Gasteiger partial charge >= 0.3 is 6.09 Å². The van der Waals surface area contributed by atoms with E-state index in [0.29, 0.717) is 19.7 Å². The molecule has 1 unspecified atom stereocenters. The van der Waals surface area contributed by atoms with Gasteiger partial charge in [-0.1, -0.05) is 28.1 Å². The average molecular weight is 313 g/mol. The second-order valence-corrected chi connectivity index (χ2v) is 5.33. The Labute approximate surface area is 115 Å². The zero-order valence-corrected chi connectivity index (χ0v) is 11.7. The van der Waals surface area contributed by atoms with Crippen molar-refractivity contribution in [3.63, 3.8) is 0 Å². The third kappa shape index (κ3) is 3.23. The Hall–Kier alpha value is -1.07. The fraction of sp³-hybridized carbons (Fsp3) is 0.462. The number of cyclic esters (lactones) is 1. The third-order valence-corrected chi connectivity index (χ3v) is 3.61. The van der Waals surface area contributed by atoms with Gasteiger partial charge in [0.25, 0.3) is 0 Å². The molecule has 1 aromatic carbocycles. The molecule has 0 aliphatic carbocycles. The minimum atomic E-state index is -0.222. The molecule has 1 heterocycles. The van der Waals surface area contributed by atoms with Crippen molar-refractivity contribution in [2.45, 2.75) is 25.4 Å². The average Bonchev–Trinajstić information content (AvgIpc) is 2.71. The Kier molecular flexibility index (Phi) is 4.60. The molecule has 1 aromatic rings. The molecule has 18 heavy (non-hydrogen) atoms. The van der Waals surface area contributed by atoms with E-state index in [9.17, 15) is 4.79 Å². The molecule has 1 fully saturated rings. The number of ether oxygens (including phenoxy) is 1. The first kappa shape index (κ1) is 13.4. The van der Waals surface area contributed by atoms with Crippen LogP contribution in [0, 0.1) is 0 Å². The molecule has 0 bridgehead atoms. The van der Waals surface area contributed by atoms with Crippen LogP contribution < -0.4 is 5.73 Å². The fourth-order valence-electron chi connectivity index (χ4n) is 2.06. The standard InChI is InChI=1S/C13H17BrN2O2/c14-11-5-3-10(4-6-11)8-16-12(2-1-7-15)9-18-13(16)17/h3-6,12H,1-2,7-9,15H2. The van der Waals surface area contributed by atoms with Crippen molar-refractivity contribution in [3.05, 3.63) is 34.3 Å². The Balaban J connectivity index is 2.00. The van der Waals surface area contributed by atoms with Crippen molar-refractivity contribution in [1.82, 2.24) is 4.90 Å². The summed E-state index contributed by atoms with van der Waals surface area (Å²) in [7, 11) is 0. The van der Waals surface area contributed by atoms with Gasteiger partial charge in [-0.2, -0.15) is 0 Å². The summed E-state index contributed by atoms with van der Waals surface area (Å²) in [5, 5.41) is 0.